The fourth-order valence-corrected chi connectivity index (χ4v) is 3.61. The van der Waals surface area contributed by atoms with E-state index in [-0.39, 0.29) is 12.3 Å². The van der Waals surface area contributed by atoms with E-state index in [1.807, 2.05) is 84.9 Å². The molecular weight excluding hydrogens is 444 g/mol. The highest BCUT2D eigenvalue weighted by atomic mass is 16.5. The van der Waals surface area contributed by atoms with Crippen LogP contribution in [0.3, 0.4) is 0 Å². The summed E-state index contributed by atoms with van der Waals surface area (Å²) in [6.45, 7) is 1.80. The van der Waals surface area contributed by atoms with Crippen LogP contribution < -0.4 is 15.4 Å². The summed E-state index contributed by atoms with van der Waals surface area (Å²) >= 11 is 0. The van der Waals surface area contributed by atoms with E-state index in [1.54, 1.807) is 0 Å². The highest BCUT2D eigenvalue weighted by molar-refractivity contribution is 5.90. The number of hydrogen-bond donors (Lipinski definition) is 2. The molecule has 0 fully saturated rings. The van der Waals surface area contributed by atoms with Crippen LogP contribution in [0, 0.1) is 0 Å². The molecule has 182 valence electrons. The van der Waals surface area contributed by atoms with Gasteiger partial charge in [-0.05, 0) is 28.8 Å². The number of carbonyl (C=O) groups is 3. The predicted octanol–water partition coefficient (Wildman–Crippen LogP) is 3.21. The third-order valence-corrected chi connectivity index (χ3v) is 5.39. The Morgan fingerprint density at radius 2 is 1.26 bits per heavy atom. The monoisotopic (exact) mass is 474 g/mol. The highest BCUT2D eigenvalue weighted by Crippen LogP contribution is 2.16. The second-order valence-electron chi connectivity index (χ2n) is 8.15. The maximum Gasteiger partial charge on any atom is 0.328 e. The summed E-state index contributed by atoms with van der Waals surface area (Å²) in [7, 11) is 1.28. The first-order valence-corrected chi connectivity index (χ1v) is 11.4. The number of nitrogens with one attached hydrogen (secondary N) is 2. The number of ether oxygens (including phenoxy) is 2. The van der Waals surface area contributed by atoms with E-state index in [0.717, 1.165) is 16.7 Å². The smallest absolute Gasteiger partial charge is 0.328 e. The minimum Gasteiger partial charge on any atom is -0.489 e. The van der Waals surface area contributed by atoms with Crippen LogP contribution in [0.1, 0.15) is 23.6 Å². The van der Waals surface area contributed by atoms with Gasteiger partial charge in [0.05, 0.1) is 7.11 Å². The summed E-state index contributed by atoms with van der Waals surface area (Å²) in [6.07, 6.45) is 0.531. The van der Waals surface area contributed by atoms with Crippen molar-refractivity contribution >= 4 is 17.8 Å². The van der Waals surface area contributed by atoms with Crippen molar-refractivity contribution in [2.24, 2.45) is 0 Å². The molecule has 35 heavy (non-hydrogen) atoms. The second kappa shape index (κ2) is 12.9. The summed E-state index contributed by atoms with van der Waals surface area (Å²) in [4.78, 5) is 37.2. The summed E-state index contributed by atoms with van der Waals surface area (Å²) in [5.41, 5.74) is 2.78. The van der Waals surface area contributed by atoms with E-state index in [2.05, 4.69) is 10.6 Å². The number of hydrogen-bond acceptors (Lipinski definition) is 5. The van der Waals surface area contributed by atoms with Crippen molar-refractivity contribution in [1.82, 2.24) is 10.6 Å². The lowest BCUT2D eigenvalue weighted by Crippen LogP contribution is -2.53. The first-order chi connectivity index (χ1) is 16.9. The molecule has 2 amide bonds. The molecule has 0 aliphatic heterocycles. The largest absolute Gasteiger partial charge is 0.489 e. The maximum absolute atomic E-state index is 13.0. The van der Waals surface area contributed by atoms with Crippen molar-refractivity contribution in [3.63, 3.8) is 0 Å². The Labute approximate surface area is 205 Å². The molecule has 0 bridgehead atoms. The van der Waals surface area contributed by atoms with Crippen molar-refractivity contribution in [2.75, 3.05) is 7.11 Å². The number of amides is 2. The molecule has 0 heterocycles. The number of methoxy groups -OCH3 is 1. The lowest BCUT2D eigenvalue weighted by atomic mass is 10.0. The Kier molecular flexibility index (Phi) is 9.42. The molecule has 3 aromatic rings. The van der Waals surface area contributed by atoms with Gasteiger partial charge in [-0.1, -0.05) is 72.8 Å². The fourth-order valence-electron chi connectivity index (χ4n) is 3.61. The predicted molar refractivity (Wildman–Crippen MR) is 133 cm³/mol. The van der Waals surface area contributed by atoms with Gasteiger partial charge in [0, 0.05) is 19.8 Å². The first kappa shape index (κ1) is 25.5. The highest BCUT2D eigenvalue weighted by Gasteiger charge is 2.27. The number of benzene rings is 3. The minimum atomic E-state index is -0.907. The van der Waals surface area contributed by atoms with E-state index in [0.29, 0.717) is 18.8 Å². The Balaban J connectivity index is 1.64. The summed E-state index contributed by atoms with van der Waals surface area (Å²) in [6, 6.07) is 24.8. The summed E-state index contributed by atoms with van der Waals surface area (Å²) in [5.74, 6) is -0.655. The van der Waals surface area contributed by atoms with Crippen molar-refractivity contribution in [3.05, 3.63) is 102 Å². The lowest BCUT2D eigenvalue weighted by molar-refractivity contribution is -0.145. The van der Waals surface area contributed by atoms with Crippen LogP contribution >= 0.6 is 0 Å². The Bertz CT molecular complexity index is 1100. The van der Waals surface area contributed by atoms with Crippen LogP contribution in [0.5, 0.6) is 5.75 Å². The van der Waals surface area contributed by atoms with Crippen LogP contribution in [-0.4, -0.2) is 37.0 Å². The standard InChI is InChI=1S/C28H30N2O5/c1-20(31)29-25(17-21-9-5-3-6-10-21)27(32)30-26(28(33)34-2)18-22-13-15-24(16-14-22)35-19-23-11-7-4-8-12-23/h3-16,25-26H,17-19H2,1-2H3,(H,29,31)(H,30,32)/t25-,26-/m1/s1. The molecule has 7 nitrogen and oxygen atoms in total. The quantitative estimate of drug-likeness (QED) is 0.416. The van der Waals surface area contributed by atoms with Crippen molar-refractivity contribution in [1.29, 1.82) is 0 Å². The van der Waals surface area contributed by atoms with Crippen molar-refractivity contribution in [2.45, 2.75) is 38.5 Å². The molecule has 0 unspecified atom stereocenters. The zero-order valence-electron chi connectivity index (χ0n) is 19.9. The van der Waals surface area contributed by atoms with Crippen LogP contribution in [-0.2, 0) is 38.6 Å². The fraction of sp³-hybridized carbons (Fsp3) is 0.250. The molecule has 0 saturated carbocycles. The third kappa shape index (κ3) is 8.30. The average Bonchev–Trinajstić information content (AvgIpc) is 2.88. The molecule has 7 heteroatoms. The van der Waals surface area contributed by atoms with Crippen molar-refractivity contribution in [3.8, 4) is 5.75 Å². The zero-order chi connectivity index (χ0) is 25.0. The molecule has 0 aliphatic rings. The minimum absolute atomic E-state index is 0.232. The second-order valence-corrected chi connectivity index (χ2v) is 8.15. The normalized spacial score (nSPS) is 12.2. The Morgan fingerprint density at radius 1 is 0.714 bits per heavy atom. The molecule has 0 radical (unpaired) electrons. The topological polar surface area (TPSA) is 93.7 Å². The molecule has 3 rings (SSSR count). The van der Waals surface area contributed by atoms with Gasteiger partial charge in [-0.2, -0.15) is 0 Å². The summed E-state index contributed by atoms with van der Waals surface area (Å²) in [5, 5.41) is 5.41. The molecule has 2 N–H and O–H groups in total. The molecule has 0 aromatic heterocycles. The molecule has 0 aliphatic carbocycles. The number of carbonyl (C=O) groups excluding carboxylic acids is 3. The van der Waals surface area contributed by atoms with Gasteiger partial charge in [-0.3, -0.25) is 9.59 Å². The van der Waals surface area contributed by atoms with E-state index >= 15 is 0 Å². The zero-order valence-corrected chi connectivity index (χ0v) is 19.9. The molecule has 0 spiro atoms. The lowest BCUT2D eigenvalue weighted by Gasteiger charge is -2.22. The SMILES string of the molecule is COC(=O)[C@@H](Cc1ccc(OCc2ccccc2)cc1)NC(=O)[C@@H](Cc1ccccc1)NC(C)=O. The number of esters is 1. The molecule has 2 atom stereocenters. The first-order valence-electron chi connectivity index (χ1n) is 11.4. The van der Waals surface area contributed by atoms with Gasteiger partial charge < -0.3 is 20.1 Å². The Morgan fingerprint density at radius 3 is 1.83 bits per heavy atom. The van der Waals surface area contributed by atoms with Crippen LogP contribution in [0.15, 0.2) is 84.9 Å². The maximum atomic E-state index is 13.0. The van der Waals surface area contributed by atoms with Gasteiger partial charge >= 0.3 is 5.97 Å². The van der Waals surface area contributed by atoms with Gasteiger partial charge in [0.25, 0.3) is 0 Å². The average molecular weight is 475 g/mol. The molecule has 0 saturated heterocycles. The van der Waals surface area contributed by atoms with Gasteiger partial charge in [-0.25, -0.2) is 4.79 Å². The van der Waals surface area contributed by atoms with E-state index in [4.69, 9.17) is 9.47 Å². The number of rotatable bonds is 11. The van der Waals surface area contributed by atoms with Gasteiger partial charge in [-0.15, -0.1) is 0 Å². The van der Waals surface area contributed by atoms with Gasteiger partial charge in [0.1, 0.15) is 24.4 Å². The van der Waals surface area contributed by atoms with E-state index in [1.165, 1.54) is 14.0 Å². The van der Waals surface area contributed by atoms with E-state index < -0.39 is 24.0 Å². The molecule has 3 aromatic carbocycles. The van der Waals surface area contributed by atoms with Crippen LogP contribution in [0.25, 0.3) is 0 Å². The van der Waals surface area contributed by atoms with Gasteiger partial charge in [0.2, 0.25) is 11.8 Å². The van der Waals surface area contributed by atoms with Gasteiger partial charge in [0.15, 0.2) is 0 Å². The van der Waals surface area contributed by atoms with Crippen LogP contribution in [0.2, 0.25) is 0 Å². The van der Waals surface area contributed by atoms with Crippen LogP contribution in [0.4, 0.5) is 0 Å². The van der Waals surface area contributed by atoms with E-state index in [9.17, 15) is 14.4 Å². The summed E-state index contributed by atoms with van der Waals surface area (Å²) < 4.78 is 10.7. The Hall–Kier alpha value is -4.13. The molecular formula is C28H30N2O5. The van der Waals surface area contributed by atoms with Crippen molar-refractivity contribution < 1.29 is 23.9 Å². The third-order valence-electron chi connectivity index (χ3n) is 5.39.